The predicted molar refractivity (Wildman–Crippen MR) is 74.7 cm³/mol. The summed E-state index contributed by atoms with van der Waals surface area (Å²) in [4.78, 5) is 27.5. The monoisotopic (exact) mass is 294 g/mol. The number of ketones is 1. The Morgan fingerprint density at radius 1 is 1.45 bits per heavy atom. The number of esters is 1. The van der Waals surface area contributed by atoms with Crippen molar-refractivity contribution in [3.8, 4) is 0 Å². The van der Waals surface area contributed by atoms with E-state index in [1.165, 1.54) is 14.0 Å². The number of hydrogen-bond donors (Lipinski definition) is 1. The van der Waals surface area contributed by atoms with Crippen LogP contribution >= 0.6 is 11.3 Å². The van der Waals surface area contributed by atoms with E-state index in [-0.39, 0.29) is 16.4 Å². The van der Waals surface area contributed by atoms with Crippen LogP contribution in [-0.2, 0) is 11.8 Å². The van der Waals surface area contributed by atoms with Crippen LogP contribution in [0.25, 0.3) is 0 Å². The van der Waals surface area contributed by atoms with E-state index in [9.17, 15) is 9.59 Å². The number of carbonyl (C=O) groups excluding carboxylic acids is 2. The highest BCUT2D eigenvalue weighted by Gasteiger charge is 2.22. The van der Waals surface area contributed by atoms with E-state index in [0.717, 1.165) is 22.8 Å². The Morgan fingerprint density at radius 2 is 2.15 bits per heavy atom. The molecular weight excluding hydrogens is 280 g/mol. The zero-order valence-corrected chi connectivity index (χ0v) is 12.4. The van der Waals surface area contributed by atoms with Gasteiger partial charge in [0, 0.05) is 20.0 Å². The maximum atomic E-state index is 11.6. The van der Waals surface area contributed by atoms with Gasteiger partial charge in [0.05, 0.1) is 12.8 Å². The van der Waals surface area contributed by atoms with Gasteiger partial charge in [0.1, 0.15) is 10.7 Å². The molecule has 2 aromatic heterocycles. The minimum absolute atomic E-state index is 0.0337. The fourth-order valence-electron chi connectivity index (χ4n) is 1.68. The van der Waals surface area contributed by atoms with Crippen LogP contribution < -0.4 is 5.32 Å². The second-order valence-electron chi connectivity index (χ2n) is 4.16. The van der Waals surface area contributed by atoms with Gasteiger partial charge in [0.25, 0.3) is 0 Å². The molecule has 0 radical (unpaired) electrons. The Balaban J connectivity index is 2.36. The van der Waals surface area contributed by atoms with Crippen LogP contribution in [-0.4, -0.2) is 33.6 Å². The lowest BCUT2D eigenvalue weighted by Crippen LogP contribution is -2.07. The van der Waals surface area contributed by atoms with Crippen molar-refractivity contribution in [3.05, 3.63) is 22.3 Å². The summed E-state index contributed by atoms with van der Waals surface area (Å²) in [5, 5.41) is 7.67. The summed E-state index contributed by atoms with van der Waals surface area (Å²) in [5.74, 6) is -0.124. The standard InChI is InChI=1S/C12H14N4O3S/c1-6-5-8(16(3)15-6)13-12-14-9(11(18)19-4)10(20-12)7(2)17/h5H,1-4H3,(H,13,14). The number of ether oxygens (including phenoxy) is 1. The molecule has 0 bridgehead atoms. The minimum Gasteiger partial charge on any atom is -0.464 e. The number of anilines is 2. The molecule has 20 heavy (non-hydrogen) atoms. The second-order valence-corrected chi connectivity index (χ2v) is 5.16. The number of thiazole rings is 1. The van der Waals surface area contributed by atoms with Gasteiger partial charge in [-0.05, 0) is 6.92 Å². The zero-order chi connectivity index (χ0) is 14.9. The van der Waals surface area contributed by atoms with Gasteiger partial charge in [0.15, 0.2) is 16.6 Å². The van der Waals surface area contributed by atoms with Crippen molar-refractivity contribution in [1.82, 2.24) is 14.8 Å². The van der Waals surface area contributed by atoms with Crippen LogP contribution in [0.2, 0.25) is 0 Å². The van der Waals surface area contributed by atoms with Crippen molar-refractivity contribution in [1.29, 1.82) is 0 Å². The Bertz CT molecular complexity index is 674. The number of Topliss-reactive ketones (excluding diaryl/α,β-unsaturated/α-hetero) is 1. The summed E-state index contributed by atoms with van der Waals surface area (Å²) < 4.78 is 6.28. The summed E-state index contributed by atoms with van der Waals surface area (Å²) in [6.07, 6.45) is 0. The zero-order valence-electron chi connectivity index (χ0n) is 11.6. The molecule has 0 spiro atoms. The van der Waals surface area contributed by atoms with Gasteiger partial charge in [-0.3, -0.25) is 9.48 Å². The molecule has 0 amide bonds. The summed E-state index contributed by atoms with van der Waals surface area (Å²) in [6.45, 7) is 3.26. The van der Waals surface area contributed by atoms with E-state index in [4.69, 9.17) is 0 Å². The lowest BCUT2D eigenvalue weighted by molar-refractivity contribution is 0.0591. The van der Waals surface area contributed by atoms with Gasteiger partial charge < -0.3 is 10.1 Å². The van der Waals surface area contributed by atoms with Crippen LogP contribution in [0.15, 0.2) is 6.07 Å². The fourth-order valence-corrected chi connectivity index (χ4v) is 2.54. The normalized spacial score (nSPS) is 10.4. The molecule has 0 unspecified atom stereocenters. The van der Waals surface area contributed by atoms with E-state index in [0.29, 0.717) is 5.13 Å². The molecular formula is C12H14N4O3S. The quantitative estimate of drug-likeness (QED) is 0.685. The number of carbonyl (C=O) groups is 2. The third-order valence-electron chi connectivity index (χ3n) is 2.56. The predicted octanol–water partition coefficient (Wildman–Crippen LogP) is 1.92. The number of hydrogen-bond acceptors (Lipinski definition) is 7. The highest BCUT2D eigenvalue weighted by atomic mass is 32.1. The van der Waals surface area contributed by atoms with Gasteiger partial charge in [-0.1, -0.05) is 11.3 Å². The molecule has 2 aromatic rings. The molecule has 0 aliphatic carbocycles. The van der Waals surface area contributed by atoms with Crippen LogP contribution in [0.1, 0.15) is 32.8 Å². The first kappa shape index (κ1) is 14.2. The molecule has 0 atom stereocenters. The van der Waals surface area contributed by atoms with Crippen molar-refractivity contribution in [2.45, 2.75) is 13.8 Å². The van der Waals surface area contributed by atoms with E-state index in [1.54, 1.807) is 11.7 Å². The van der Waals surface area contributed by atoms with Crippen LogP contribution in [0.5, 0.6) is 0 Å². The van der Waals surface area contributed by atoms with E-state index in [2.05, 4.69) is 20.1 Å². The average Bonchev–Trinajstić information content (AvgIpc) is 2.93. The SMILES string of the molecule is COC(=O)c1nc(Nc2cc(C)nn2C)sc1C(C)=O. The Kier molecular flexibility index (Phi) is 3.84. The topological polar surface area (TPSA) is 86.1 Å². The summed E-state index contributed by atoms with van der Waals surface area (Å²) >= 11 is 1.11. The molecule has 106 valence electrons. The molecule has 1 N–H and O–H groups in total. The smallest absolute Gasteiger partial charge is 0.358 e. The van der Waals surface area contributed by atoms with Crippen LogP contribution in [0.3, 0.4) is 0 Å². The average molecular weight is 294 g/mol. The first-order chi connectivity index (χ1) is 9.42. The molecule has 2 heterocycles. The third-order valence-corrected chi connectivity index (χ3v) is 3.63. The lowest BCUT2D eigenvalue weighted by atomic mass is 10.3. The van der Waals surface area contributed by atoms with Gasteiger partial charge in [-0.25, -0.2) is 9.78 Å². The fraction of sp³-hybridized carbons (Fsp3) is 0.333. The third kappa shape index (κ3) is 2.69. The Morgan fingerprint density at radius 3 is 2.65 bits per heavy atom. The number of rotatable bonds is 4. The number of methoxy groups -OCH3 is 1. The van der Waals surface area contributed by atoms with Crippen molar-refractivity contribution >= 4 is 34.0 Å². The Hall–Kier alpha value is -2.22. The highest BCUT2D eigenvalue weighted by molar-refractivity contribution is 7.17. The van der Waals surface area contributed by atoms with Crippen LogP contribution in [0.4, 0.5) is 10.9 Å². The lowest BCUT2D eigenvalue weighted by Gasteiger charge is -2.01. The maximum Gasteiger partial charge on any atom is 0.358 e. The maximum absolute atomic E-state index is 11.6. The summed E-state index contributed by atoms with van der Waals surface area (Å²) in [7, 11) is 3.04. The van der Waals surface area contributed by atoms with Gasteiger partial charge in [0.2, 0.25) is 0 Å². The van der Waals surface area contributed by atoms with Crippen molar-refractivity contribution in [2.24, 2.45) is 7.05 Å². The number of nitrogens with one attached hydrogen (secondary N) is 1. The molecule has 2 rings (SSSR count). The Labute approximate surface area is 119 Å². The van der Waals surface area contributed by atoms with Crippen LogP contribution in [0, 0.1) is 6.92 Å². The summed E-state index contributed by atoms with van der Waals surface area (Å²) in [6, 6.07) is 1.84. The van der Waals surface area contributed by atoms with E-state index >= 15 is 0 Å². The first-order valence-corrected chi connectivity index (χ1v) is 6.61. The molecule has 0 aromatic carbocycles. The van der Waals surface area contributed by atoms with E-state index in [1.807, 2.05) is 13.0 Å². The molecule has 0 saturated heterocycles. The van der Waals surface area contributed by atoms with Crippen molar-refractivity contribution < 1.29 is 14.3 Å². The van der Waals surface area contributed by atoms with E-state index < -0.39 is 5.97 Å². The van der Waals surface area contributed by atoms with Gasteiger partial charge in [-0.15, -0.1) is 0 Å². The number of aromatic nitrogens is 3. The molecule has 0 aliphatic heterocycles. The molecule has 7 nitrogen and oxygen atoms in total. The molecule has 8 heteroatoms. The number of nitrogens with zero attached hydrogens (tertiary/aromatic N) is 3. The summed E-state index contributed by atoms with van der Waals surface area (Å²) in [5.41, 5.74) is 0.887. The molecule has 0 saturated carbocycles. The second kappa shape index (κ2) is 5.41. The highest BCUT2D eigenvalue weighted by Crippen LogP contribution is 2.27. The van der Waals surface area contributed by atoms with Crippen molar-refractivity contribution in [2.75, 3.05) is 12.4 Å². The van der Waals surface area contributed by atoms with Gasteiger partial charge in [-0.2, -0.15) is 5.10 Å². The van der Waals surface area contributed by atoms with Gasteiger partial charge >= 0.3 is 5.97 Å². The minimum atomic E-state index is -0.624. The van der Waals surface area contributed by atoms with Crippen molar-refractivity contribution in [3.63, 3.8) is 0 Å². The molecule has 0 fully saturated rings. The largest absolute Gasteiger partial charge is 0.464 e. The first-order valence-electron chi connectivity index (χ1n) is 5.80. The number of aryl methyl sites for hydroxylation is 2. The molecule has 0 aliphatic rings.